The highest BCUT2D eigenvalue weighted by atomic mass is 127. The van der Waals surface area contributed by atoms with Gasteiger partial charge in [-0.3, -0.25) is 9.67 Å². The number of hydrogen-bond donors (Lipinski definition) is 2. The number of aryl methyl sites for hydroxylation is 1. The number of aliphatic imine (C=N–C) groups is 1. The van der Waals surface area contributed by atoms with Crippen LogP contribution in [0.25, 0.3) is 0 Å². The summed E-state index contributed by atoms with van der Waals surface area (Å²) in [6, 6.07) is 1.98. The van der Waals surface area contributed by atoms with Crippen molar-refractivity contribution in [3.05, 3.63) is 18.0 Å². The van der Waals surface area contributed by atoms with E-state index in [-0.39, 0.29) is 29.5 Å². The van der Waals surface area contributed by atoms with Crippen LogP contribution in [0.2, 0.25) is 0 Å². The molecule has 0 aliphatic heterocycles. The van der Waals surface area contributed by atoms with Gasteiger partial charge in [-0.1, -0.05) is 0 Å². The number of nitrogens with zero attached hydrogens (tertiary/aromatic N) is 3. The zero-order valence-corrected chi connectivity index (χ0v) is 13.4. The first-order valence-electron chi connectivity index (χ1n) is 5.38. The Kier molecular flexibility index (Phi) is 6.51. The van der Waals surface area contributed by atoms with E-state index in [1.54, 1.807) is 13.2 Å². The number of guanidine groups is 1. The molecule has 0 spiro atoms. The molecule has 1 aromatic heterocycles. The molecule has 17 heavy (non-hydrogen) atoms. The van der Waals surface area contributed by atoms with Crippen molar-refractivity contribution in [3.63, 3.8) is 0 Å². The van der Waals surface area contributed by atoms with E-state index in [4.69, 9.17) is 0 Å². The maximum Gasteiger partial charge on any atom is 0.191 e. The lowest BCUT2D eigenvalue weighted by molar-refractivity contribution is 0.500. The van der Waals surface area contributed by atoms with E-state index in [0.29, 0.717) is 6.54 Å². The Morgan fingerprint density at radius 3 is 2.53 bits per heavy atom. The summed E-state index contributed by atoms with van der Waals surface area (Å²) in [4.78, 5) is 4.17. The van der Waals surface area contributed by atoms with E-state index in [9.17, 15) is 0 Å². The second kappa shape index (κ2) is 6.83. The number of halogens is 1. The van der Waals surface area contributed by atoms with Gasteiger partial charge in [0.2, 0.25) is 0 Å². The second-order valence-corrected chi connectivity index (χ2v) is 4.75. The highest BCUT2D eigenvalue weighted by molar-refractivity contribution is 14.0. The van der Waals surface area contributed by atoms with Crippen LogP contribution in [-0.2, 0) is 13.6 Å². The van der Waals surface area contributed by atoms with Gasteiger partial charge in [0.05, 0.1) is 12.2 Å². The van der Waals surface area contributed by atoms with E-state index < -0.39 is 0 Å². The quantitative estimate of drug-likeness (QED) is 0.482. The molecule has 0 aliphatic rings. The van der Waals surface area contributed by atoms with Crippen LogP contribution < -0.4 is 10.6 Å². The maximum atomic E-state index is 4.17. The number of aromatic nitrogens is 2. The van der Waals surface area contributed by atoms with Crippen LogP contribution in [0.1, 0.15) is 26.5 Å². The summed E-state index contributed by atoms with van der Waals surface area (Å²) in [7, 11) is 3.70. The minimum absolute atomic E-state index is 0. The van der Waals surface area contributed by atoms with Crippen LogP contribution in [0.5, 0.6) is 0 Å². The summed E-state index contributed by atoms with van der Waals surface area (Å²) in [6.07, 6.45) is 1.79. The average Bonchev–Trinajstić information content (AvgIpc) is 2.57. The molecule has 98 valence electrons. The van der Waals surface area contributed by atoms with Gasteiger partial charge in [0.15, 0.2) is 5.96 Å². The van der Waals surface area contributed by atoms with Crippen molar-refractivity contribution in [2.75, 3.05) is 7.05 Å². The molecule has 1 aromatic rings. The summed E-state index contributed by atoms with van der Waals surface area (Å²) >= 11 is 0. The van der Waals surface area contributed by atoms with Gasteiger partial charge in [0, 0.05) is 25.8 Å². The lowest BCUT2D eigenvalue weighted by atomic mass is 10.1. The molecule has 5 nitrogen and oxygen atoms in total. The van der Waals surface area contributed by atoms with E-state index in [2.05, 4.69) is 41.5 Å². The Balaban J connectivity index is 0.00000256. The van der Waals surface area contributed by atoms with Crippen LogP contribution >= 0.6 is 24.0 Å². The van der Waals surface area contributed by atoms with Crippen molar-refractivity contribution >= 4 is 29.9 Å². The zero-order chi connectivity index (χ0) is 12.2. The normalized spacial score (nSPS) is 11.9. The van der Waals surface area contributed by atoms with E-state index in [1.165, 1.54) is 0 Å². The van der Waals surface area contributed by atoms with Crippen LogP contribution in [-0.4, -0.2) is 28.3 Å². The molecule has 0 saturated carbocycles. The van der Waals surface area contributed by atoms with Crippen molar-refractivity contribution in [1.82, 2.24) is 20.4 Å². The molecule has 2 N–H and O–H groups in total. The Bertz CT molecular complexity index is 364. The molecule has 0 aliphatic carbocycles. The number of nitrogens with one attached hydrogen (secondary N) is 2. The van der Waals surface area contributed by atoms with Crippen LogP contribution in [0.3, 0.4) is 0 Å². The fraction of sp³-hybridized carbons (Fsp3) is 0.636. The van der Waals surface area contributed by atoms with Crippen LogP contribution in [0, 0.1) is 0 Å². The lowest BCUT2D eigenvalue weighted by Gasteiger charge is -2.23. The first kappa shape index (κ1) is 16.2. The van der Waals surface area contributed by atoms with E-state index in [1.807, 2.05) is 17.8 Å². The molecule has 0 amide bonds. The first-order chi connectivity index (χ1) is 7.42. The molecule has 1 rings (SSSR count). The molecular formula is C11H22IN5. The van der Waals surface area contributed by atoms with Crippen molar-refractivity contribution < 1.29 is 0 Å². The molecule has 0 aromatic carbocycles. The third-order valence-electron chi connectivity index (χ3n) is 2.08. The maximum absolute atomic E-state index is 4.17. The summed E-state index contributed by atoms with van der Waals surface area (Å²) < 4.78 is 1.84. The van der Waals surface area contributed by atoms with Gasteiger partial charge in [-0.25, -0.2) is 0 Å². The lowest BCUT2D eigenvalue weighted by Crippen LogP contribution is -2.47. The standard InChI is InChI=1S/C11H21N5.HI/c1-11(2,3)15-10(12-4)13-8-9-6-7-14-16(9)5;/h6-7H,8H2,1-5H3,(H2,12,13,15);1H. The highest BCUT2D eigenvalue weighted by Gasteiger charge is 2.11. The molecule has 0 saturated heterocycles. The summed E-state index contributed by atoms with van der Waals surface area (Å²) in [5, 5.41) is 10.7. The fourth-order valence-electron chi connectivity index (χ4n) is 1.28. The molecule has 0 fully saturated rings. The van der Waals surface area contributed by atoms with Gasteiger partial charge >= 0.3 is 0 Å². The molecule has 0 unspecified atom stereocenters. The number of rotatable bonds is 2. The first-order valence-corrected chi connectivity index (χ1v) is 5.38. The van der Waals surface area contributed by atoms with Crippen LogP contribution in [0.15, 0.2) is 17.3 Å². The Hall–Kier alpha value is -0.790. The summed E-state index contributed by atoms with van der Waals surface area (Å²) in [5.74, 6) is 0.800. The smallest absolute Gasteiger partial charge is 0.191 e. The minimum atomic E-state index is 0. The van der Waals surface area contributed by atoms with Gasteiger partial charge in [-0.15, -0.1) is 24.0 Å². The van der Waals surface area contributed by atoms with Gasteiger partial charge in [-0.2, -0.15) is 5.10 Å². The molecule has 0 radical (unpaired) electrons. The SMILES string of the molecule is CN=C(NCc1ccnn1C)NC(C)(C)C.I. The fourth-order valence-corrected chi connectivity index (χ4v) is 1.28. The predicted octanol–water partition coefficient (Wildman–Crippen LogP) is 1.50. The number of hydrogen-bond acceptors (Lipinski definition) is 2. The Morgan fingerprint density at radius 2 is 2.12 bits per heavy atom. The monoisotopic (exact) mass is 351 g/mol. The largest absolute Gasteiger partial charge is 0.352 e. The minimum Gasteiger partial charge on any atom is -0.352 e. The Labute approximate surface area is 120 Å². The van der Waals surface area contributed by atoms with Gasteiger partial charge in [0.25, 0.3) is 0 Å². The highest BCUT2D eigenvalue weighted by Crippen LogP contribution is 1.99. The van der Waals surface area contributed by atoms with Crippen molar-refractivity contribution in [2.45, 2.75) is 32.9 Å². The van der Waals surface area contributed by atoms with E-state index >= 15 is 0 Å². The summed E-state index contributed by atoms with van der Waals surface area (Å²) in [6.45, 7) is 7.02. The molecule has 1 heterocycles. The van der Waals surface area contributed by atoms with Gasteiger partial charge in [-0.05, 0) is 26.8 Å². The third-order valence-corrected chi connectivity index (χ3v) is 2.08. The second-order valence-electron chi connectivity index (χ2n) is 4.75. The summed E-state index contributed by atoms with van der Waals surface area (Å²) in [5.41, 5.74) is 1.13. The van der Waals surface area contributed by atoms with Gasteiger partial charge in [0.1, 0.15) is 0 Å². The predicted molar refractivity (Wildman–Crippen MR) is 81.7 cm³/mol. The molecule has 0 bridgehead atoms. The van der Waals surface area contributed by atoms with Crippen molar-refractivity contribution in [3.8, 4) is 0 Å². The zero-order valence-electron chi connectivity index (χ0n) is 11.1. The Morgan fingerprint density at radius 1 is 1.47 bits per heavy atom. The van der Waals surface area contributed by atoms with Crippen LogP contribution in [0.4, 0.5) is 0 Å². The average molecular weight is 351 g/mol. The van der Waals surface area contributed by atoms with E-state index in [0.717, 1.165) is 11.7 Å². The molecular weight excluding hydrogens is 329 g/mol. The topological polar surface area (TPSA) is 54.2 Å². The van der Waals surface area contributed by atoms with Gasteiger partial charge < -0.3 is 10.6 Å². The van der Waals surface area contributed by atoms with Crippen molar-refractivity contribution in [1.29, 1.82) is 0 Å². The third kappa shape index (κ3) is 5.90. The molecule has 6 heteroatoms. The molecule has 0 atom stereocenters. The van der Waals surface area contributed by atoms with Crippen molar-refractivity contribution in [2.24, 2.45) is 12.0 Å².